The molecule has 1 atom stereocenters. The van der Waals surface area contributed by atoms with Crippen molar-refractivity contribution in [2.24, 2.45) is 4.36 Å². The van der Waals surface area contributed by atoms with Crippen molar-refractivity contribution in [3.05, 3.63) is 52.7 Å². The highest BCUT2D eigenvalue weighted by Gasteiger charge is 2.11. The van der Waals surface area contributed by atoms with Crippen LogP contribution < -0.4 is 0 Å². The molecule has 17 heavy (non-hydrogen) atoms. The molecule has 0 radical (unpaired) electrons. The first-order valence-electron chi connectivity index (χ1n) is 4.95. The van der Waals surface area contributed by atoms with E-state index < -0.39 is 15.6 Å². The van der Waals surface area contributed by atoms with Crippen molar-refractivity contribution < 1.29 is 9.00 Å². The van der Waals surface area contributed by atoms with Gasteiger partial charge in [-0.05, 0) is 23.6 Å². The highest BCUT2D eigenvalue weighted by molar-refractivity contribution is 7.93. The second-order valence-electron chi connectivity index (χ2n) is 3.49. The van der Waals surface area contributed by atoms with Gasteiger partial charge < -0.3 is 0 Å². The molecule has 0 spiro atoms. The fraction of sp³-hybridized carbons (Fsp3) is 0.0833. The lowest BCUT2D eigenvalue weighted by molar-refractivity contribution is 0.101. The van der Waals surface area contributed by atoms with Crippen LogP contribution in [0.3, 0.4) is 0 Å². The van der Waals surface area contributed by atoms with Crippen LogP contribution in [-0.2, 0) is 9.73 Å². The SMILES string of the molecule is CS(=O)(=NC(=O)c1cccs1)c1ccccc1. The Labute approximate surface area is 104 Å². The van der Waals surface area contributed by atoms with Crippen LogP contribution in [0.25, 0.3) is 0 Å². The van der Waals surface area contributed by atoms with Crippen LogP contribution >= 0.6 is 11.3 Å². The van der Waals surface area contributed by atoms with Crippen molar-refractivity contribution in [3.8, 4) is 0 Å². The zero-order valence-electron chi connectivity index (χ0n) is 9.20. The van der Waals surface area contributed by atoms with Gasteiger partial charge in [0.2, 0.25) is 0 Å². The van der Waals surface area contributed by atoms with Crippen molar-refractivity contribution in [2.45, 2.75) is 4.90 Å². The highest BCUT2D eigenvalue weighted by atomic mass is 32.2. The van der Waals surface area contributed by atoms with Gasteiger partial charge in [-0.15, -0.1) is 11.3 Å². The number of rotatable bonds is 2. The van der Waals surface area contributed by atoms with Gasteiger partial charge in [0.1, 0.15) is 0 Å². The fourth-order valence-corrected chi connectivity index (χ4v) is 3.18. The molecule has 0 N–H and O–H groups in total. The first kappa shape index (κ1) is 12.0. The van der Waals surface area contributed by atoms with Crippen molar-refractivity contribution in [1.29, 1.82) is 0 Å². The fourth-order valence-electron chi connectivity index (χ4n) is 1.33. The topological polar surface area (TPSA) is 46.5 Å². The second kappa shape index (κ2) is 4.81. The quantitative estimate of drug-likeness (QED) is 0.837. The van der Waals surface area contributed by atoms with Gasteiger partial charge >= 0.3 is 0 Å². The number of carbonyl (C=O) groups excluding carboxylic acids is 1. The van der Waals surface area contributed by atoms with Crippen LogP contribution in [0.1, 0.15) is 9.67 Å². The summed E-state index contributed by atoms with van der Waals surface area (Å²) in [6, 6.07) is 12.3. The van der Waals surface area contributed by atoms with Gasteiger partial charge in [0, 0.05) is 11.2 Å². The summed E-state index contributed by atoms with van der Waals surface area (Å²) in [6.45, 7) is 0. The van der Waals surface area contributed by atoms with E-state index >= 15 is 0 Å². The maximum atomic E-state index is 12.3. The Bertz CT molecular complexity index is 624. The molecule has 2 rings (SSSR count). The third-order valence-electron chi connectivity index (χ3n) is 2.17. The van der Waals surface area contributed by atoms with Crippen molar-refractivity contribution in [3.63, 3.8) is 0 Å². The minimum Gasteiger partial charge on any atom is -0.265 e. The van der Waals surface area contributed by atoms with Crippen LogP contribution in [0.5, 0.6) is 0 Å². The van der Waals surface area contributed by atoms with E-state index in [0.29, 0.717) is 9.77 Å². The molecule has 0 fully saturated rings. The molecule has 1 aromatic heterocycles. The molecule has 88 valence electrons. The maximum absolute atomic E-state index is 12.3. The molecular weight excluding hydrogens is 254 g/mol. The van der Waals surface area contributed by atoms with Crippen LogP contribution in [0.2, 0.25) is 0 Å². The summed E-state index contributed by atoms with van der Waals surface area (Å²) in [4.78, 5) is 12.8. The van der Waals surface area contributed by atoms with E-state index in [4.69, 9.17) is 0 Å². The van der Waals surface area contributed by atoms with Crippen molar-refractivity contribution >= 4 is 27.0 Å². The Morgan fingerprint density at radius 2 is 1.88 bits per heavy atom. The van der Waals surface area contributed by atoms with E-state index in [0.717, 1.165) is 0 Å². The summed E-state index contributed by atoms with van der Waals surface area (Å²) in [5, 5.41) is 1.79. The Kier molecular flexibility index (Phi) is 3.40. The largest absolute Gasteiger partial charge is 0.295 e. The standard InChI is InChI=1S/C12H11NO2S2/c1-17(15,10-6-3-2-4-7-10)13-12(14)11-8-5-9-16-11/h2-9H,1H3. The average molecular weight is 265 g/mol. The van der Waals surface area contributed by atoms with Crippen molar-refractivity contribution in [2.75, 3.05) is 6.26 Å². The highest BCUT2D eigenvalue weighted by Crippen LogP contribution is 2.15. The lowest BCUT2D eigenvalue weighted by Gasteiger charge is -2.02. The molecule has 1 aromatic carbocycles. The smallest absolute Gasteiger partial charge is 0.265 e. The van der Waals surface area contributed by atoms with E-state index in [-0.39, 0.29) is 0 Å². The molecule has 0 aliphatic rings. The predicted molar refractivity (Wildman–Crippen MR) is 69.9 cm³/mol. The second-order valence-corrected chi connectivity index (χ2v) is 6.70. The monoisotopic (exact) mass is 265 g/mol. The number of hydrogen-bond donors (Lipinski definition) is 0. The molecule has 0 saturated heterocycles. The van der Waals surface area contributed by atoms with Gasteiger partial charge in [-0.25, -0.2) is 4.21 Å². The number of thiophene rings is 1. The number of amides is 1. The first-order valence-corrected chi connectivity index (χ1v) is 7.75. The Hall–Kier alpha value is -1.46. The van der Waals surface area contributed by atoms with Gasteiger partial charge in [-0.1, -0.05) is 24.3 Å². The summed E-state index contributed by atoms with van der Waals surface area (Å²) in [5.74, 6) is -0.420. The van der Waals surface area contributed by atoms with Crippen LogP contribution in [0.15, 0.2) is 57.1 Å². The van der Waals surface area contributed by atoms with Gasteiger partial charge in [0.05, 0.1) is 14.6 Å². The van der Waals surface area contributed by atoms with E-state index in [1.807, 2.05) is 6.07 Å². The average Bonchev–Trinajstić information content (AvgIpc) is 2.83. The summed E-state index contributed by atoms with van der Waals surface area (Å²) >= 11 is 1.30. The summed E-state index contributed by atoms with van der Waals surface area (Å²) in [6.07, 6.45) is 1.48. The molecule has 0 saturated carbocycles. The Morgan fingerprint density at radius 1 is 1.18 bits per heavy atom. The Balaban J connectivity index is 2.40. The molecule has 1 unspecified atom stereocenters. The lowest BCUT2D eigenvalue weighted by Crippen LogP contribution is -2.02. The van der Waals surface area contributed by atoms with Gasteiger partial charge in [-0.2, -0.15) is 4.36 Å². The molecular formula is C12H11NO2S2. The number of nitrogens with zero attached hydrogens (tertiary/aromatic N) is 1. The summed E-state index contributed by atoms with van der Waals surface area (Å²) in [7, 11) is -2.65. The zero-order valence-corrected chi connectivity index (χ0v) is 10.8. The molecule has 3 nitrogen and oxygen atoms in total. The third-order valence-corrected chi connectivity index (χ3v) is 4.69. The molecule has 0 aliphatic heterocycles. The van der Waals surface area contributed by atoms with Gasteiger partial charge in [0.15, 0.2) is 0 Å². The van der Waals surface area contributed by atoms with E-state index in [9.17, 15) is 9.00 Å². The number of carbonyl (C=O) groups is 1. The zero-order chi connectivity index (χ0) is 12.3. The van der Waals surface area contributed by atoms with Crippen LogP contribution in [-0.4, -0.2) is 16.4 Å². The summed E-state index contributed by atoms with van der Waals surface area (Å²) < 4.78 is 16.1. The summed E-state index contributed by atoms with van der Waals surface area (Å²) in [5.41, 5.74) is 0. The van der Waals surface area contributed by atoms with Crippen LogP contribution in [0, 0.1) is 0 Å². The van der Waals surface area contributed by atoms with E-state index in [1.54, 1.807) is 41.8 Å². The normalized spacial score (nSPS) is 13.9. The van der Waals surface area contributed by atoms with Crippen molar-refractivity contribution in [1.82, 2.24) is 0 Å². The van der Waals surface area contributed by atoms with Crippen LogP contribution in [0.4, 0.5) is 0 Å². The minimum atomic E-state index is -2.65. The molecule has 1 amide bonds. The lowest BCUT2D eigenvalue weighted by atomic mass is 10.4. The first-order chi connectivity index (χ1) is 8.09. The van der Waals surface area contributed by atoms with E-state index in [2.05, 4.69) is 4.36 Å². The van der Waals surface area contributed by atoms with E-state index in [1.165, 1.54) is 17.6 Å². The van der Waals surface area contributed by atoms with Gasteiger partial charge in [-0.3, -0.25) is 4.79 Å². The third kappa shape index (κ3) is 2.81. The Morgan fingerprint density at radius 3 is 2.47 bits per heavy atom. The van der Waals surface area contributed by atoms with Gasteiger partial charge in [0.25, 0.3) is 5.91 Å². The molecule has 2 aromatic rings. The molecule has 0 aliphatic carbocycles. The maximum Gasteiger partial charge on any atom is 0.295 e. The predicted octanol–water partition coefficient (Wildman–Crippen LogP) is 3.05. The molecule has 0 bridgehead atoms. The number of benzene rings is 1. The number of hydrogen-bond acceptors (Lipinski definition) is 3. The minimum absolute atomic E-state index is 0.420. The molecule has 5 heteroatoms. The molecule has 1 heterocycles.